The molecule has 10 nitrogen and oxygen atoms in total. The maximum Gasteiger partial charge on any atom is 0.277 e. The van der Waals surface area contributed by atoms with Gasteiger partial charge in [-0.3, -0.25) is 9.59 Å². The van der Waals surface area contributed by atoms with Gasteiger partial charge in [0.1, 0.15) is 5.75 Å². The summed E-state index contributed by atoms with van der Waals surface area (Å²) in [5.41, 5.74) is 2.52. The maximum atomic E-state index is 12.5. The molecule has 0 aliphatic rings. The highest BCUT2D eigenvalue weighted by atomic mass is 32.2. The van der Waals surface area contributed by atoms with Gasteiger partial charge in [0.05, 0.1) is 34.2 Å². The molecule has 0 saturated carbocycles. The van der Waals surface area contributed by atoms with Gasteiger partial charge in [0.25, 0.3) is 5.22 Å². The lowest BCUT2D eigenvalue weighted by molar-refractivity contribution is -0.113. The molecule has 1 heterocycles. The SMILES string of the molecule is COc1ccc(/C=C/C(=O)c2ccc(NC(=O)CSc3nnc(-c4cc(OC)c(OC)c(OC)c4)o3)cc2)cc1. The first-order chi connectivity index (χ1) is 19.4. The van der Waals surface area contributed by atoms with E-state index >= 15 is 0 Å². The molecular formula is C29H27N3O7S. The predicted octanol–water partition coefficient (Wildman–Crippen LogP) is 5.40. The molecule has 0 unspecified atom stereocenters. The number of ketones is 1. The van der Waals surface area contributed by atoms with E-state index < -0.39 is 0 Å². The van der Waals surface area contributed by atoms with E-state index in [-0.39, 0.29) is 28.6 Å². The van der Waals surface area contributed by atoms with Gasteiger partial charge in [0, 0.05) is 16.8 Å². The van der Waals surface area contributed by atoms with Crippen LogP contribution in [0.5, 0.6) is 23.0 Å². The quantitative estimate of drug-likeness (QED) is 0.137. The molecule has 0 bridgehead atoms. The summed E-state index contributed by atoms with van der Waals surface area (Å²) in [7, 11) is 6.15. The van der Waals surface area contributed by atoms with Crippen LogP contribution in [0.3, 0.4) is 0 Å². The van der Waals surface area contributed by atoms with Gasteiger partial charge in [0.15, 0.2) is 17.3 Å². The first kappa shape index (κ1) is 28.2. The normalized spacial score (nSPS) is 10.8. The number of rotatable bonds is 12. The molecule has 1 amide bonds. The molecule has 0 radical (unpaired) electrons. The zero-order chi connectivity index (χ0) is 28.5. The van der Waals surface area contributed by atoms with Crippen LogP contribution < -0.4 is 24.3 Å². The lowest BCUT2D eigenvalue weighted by Crippen LogP contribution is -2.14. The second-order valence-electron chi connectivity index (χ2n) is 8.17. The van der Waals surface area contributed by atoms with Crippen LogP contribution in [-0.2, 0) is 4.79 Å². The summed E-state index contributed by atoms with van der Waals surface area (Å²) in [5.74, 6) is 1.96. The summed E-state index contributed by atoms with van der Waals surface area (Å²) in [6.07, 6.45) is 3.24. The summed E-state index contributed by atoms with van der Waals surface area (Å²) < 4.78 is 26.9. The minimum Gasteiger partial charge on any atom is -0.497 e. The van der Waals surface area contributed by atoms with Crippen LogP contribution in [0.25, 0.3) is 17.5 Å². The number of methoxy groups -OCH3 is 4. The Kier molecular flexibility index (Phi) is 9.42. The Hall–Kier alpha value is -4.77. The number of thioether (sulfide) groups is 1. The summed E-state index contributed by atoms with van der Waals surface area (Å²) in [6, 6.07) is 17.4. The van der Waals surface area contributed by atoms with Gasteiger partial charge in [-0.2, -0.15) is 0 Å². The van der Waals surface area contributed by atoms with Gasteiger partial charge in [-0.15, -0.1) is 10.2 Å². The van der Waals surface area contributed by atoms with E-state index in [0.717, 1.165) is 23.1 Å². The smallest absolute Gasteiger partial charge is 0.277 e. The number of anilines is 1. The number of allylic oxidation sites excluding steroid dienone is 1. The van der Waals surface area contributed by atoms with Gasteiger partial charge in [0.2, 0.25) is 17.5 Å². The van der Waals surface area contributed by atoms with E-state index in [9.17, 15) is 9.59 Å². The zero-order valence-electron chi connectivity index (χ0n) is 22.3. The van der Waals surface area contributed by atoms with Crippen LogP contribution in [0.4, 0.5) is 5.69 Å². The number of carbonyl (C=O) groups excluding carboxylic acids is 2. The van der Waals surface area contributed by atoms with Crippen molar-refractivity contribution >= 4 is 35.2 Å². The van der Waals surface area contributed by atoms with E-state index in [1.807, 2.05) is 24.3 Å². The van der Waals surface area contributed by atoms with Crippen LogP contribution in [0.1, 0.15) is 15.9 Å². The van der Waals surface area contributed by atoms with Gasteiger partial charge in [-0.05, 0) is 60.2 Å². The summed E-state index contributed by atoms with van der Waals surface area (Å²) >= 11 is 1.10. The molecule has 0 aliphatic carbocycles. The van der Waals surface area contributed by atoms with Crippen molar-refractivity contribution in [3.05, 3.63) is 77.9 Å². The highest BCUT2D eigenvalue weighted by Gasteiger charge is 2.18. The Morgan fingerprint density at radius 3 is 2.15 bits per heavy atom. The van der Waals surface area contributed by atoms with Crippen molar-refractivity contribution in [3.8, 4) is 34.5 Å². The number of ether oxygens (including phenoxy) is 4. The average molecular weight is 562 g/mol. The standard InChI is InChI=1S/C29H27N3O7S/c1-35-22-12-5-18(6-13-22)7-14-23(33)19-8-10-21(11-9-19)30-26(34)17-40-29-32-31-28(39-29)20-15-24(36-2)27(38-4)25(16-20)37-3/h5-16H,17H2,1-4H3,(H,30,34)/b14-7+. The molecule has 11 heteroatoms. The highest BCUT2D eigenvalue weighted by Crippen LogP contribution is 2.41. The van der Waals surface area contributed by atoms with Crippen molar-refractivity contribution in [1.82, 2.24) is 10.2 Å². The third-order valence-electron chi connectivity index (χ3n) is 5.64. The number of amides is 1. The largest absolute Gasteiger partial charge is 0.497 e. The summed E-state index contributed by atoms with van der Waals surface area (Å²) in [4.78, 5) is 25.0. The average Bonchev–Trinajstić information content (AvgIpc) is 3.48. The molecule has 0 spiro atoms. The molecule has 0 fully saturated rings. The number of hydrogen-bond donors (Lipinski definition) is 1. The Labute approximate surface area is 235 Å². The van der Waals surface area contributed by atoms with Crippen LogP contribution in [-0.4, -0.2) is 56.1 Å². The number of hydrogen-bond acceptors (Lipinski definition) is 10. The number of carbonyl (C=O) groups is 2. The Balaban J connectivity index is 1.31. The zero-order valence-corrected chi connectivity index (χ0v) is 23.1. The molecule has 1 N–H and O–H groups in total. The Morgan fingerprint density at radius 1 is 0.875 bits per heavy atom. The predicted molar refractivity (Wildman–Crippen MR) is 152 cm³/mol. The van der Waals surface area contributed by atoms with Gasteiger partial charge < -0.3 is 28.7 Å². The topological polar surface area (TPSA) is 122 Å². The van der Waals surface area contributed by atoms with E-state index in [4.69, 9.17) is 23.4 Å². The molecule has 40 heavy (non-hydrogen) atoms. The van der Waals surface area contributed by atoms with Crippen LogP contribution in [0.2, 0.25) is 0 Å². The lowest BCUT2D eigenvalue weighted by Gasteiger charge is -2.12. The third kappa shape index (κ3) is 7.00. The van der Waals surface area contributed by atoms with Crippen molar-refractivity contribution in [3.63, 3.8) is 0 Å². The minimum atomic E-state index is -0.268. The fourth-order valence-corrected chi connectivity index (χ4v) is 4.18. The van der Waals surface area contributed by atoms with E-state index in [1.165, 1.54) is 27.4 Å². The van der Waals surface area contributed by atoms with E-state index in [2.05, 4.69) is 15.5 Å². The van der Waals surface area contributed by atoms with Crippen molar-refractivity contribution in [2.24, 2.45) is 0 Å². The second kappa shape index (κ2) is 13.3. The number of nitrogens with one attached hydrogen (secondary N) is 1. The lowest BCUT2D eigenvalue weighted by atomic mass is 10.1. The van der Waals surface area contributed by atoms with Crippen LogP contribution in [0.15, 0.2) is 76.4 Å². The molecule has 4 aromatic rings. The van der Waals surface area contributed by atoms with Crippen LogP contribution in [0, 0.1) is 0 Å². The summed E-state index contributed by atoms with van der Waals surface area (Å²) in [5, 5.41) is 11.1. The molecule has 1 aromatic heterocycles. The Bertz CT molecular complexity index is 1470. The number of aromatic nitrogens is 2. The first-order valence-electron chi connectivity index (χ1n) is 12.0. The van der Waals surface area contributed by atoms with Crippen molar-refractivity contribution < 1.29 is 33.0 Å². The second-order valence-corrected chi connectivity index (χ2v) is 9.10. The third-order valence-corrected chi connectivity index (χ3v) is 6.46. The first-order valence-corrected chi connectivity index (χ1v) is 13.0. The monoisotopic (exact) mass is 561 g/mol. The molecule has 0 atom stereocenters. The van der Waals surface area contributed by atoms with Crippen molar-refractivity contribution in [2.75, 3.05) is 39.5 Å². The molecule has 0 saturated heterocycles. The van der Waals surface area contributed by atoms with Crippen LogP contribution >= 0.6 is 11.8 Å². The minimum absolute atomic E-state index is 0.0438. The maximum absolute atomic E-state index is 12.5. The van der Waals surface area contributed by atoms with Gasteiger partial charge in [-0.25, -0.2) is 0 Å². The molecule has 3 aromatic carbocycles. The fraction of sp³-hybridized carbons (Fsp3) is 0.172. The van der Waals surface area contributed by atoms with E-state index in [0.29, 0.717) is 34.1 Å². The van der Waals surface area contributed by atoms with Crippen molar-refractivity contribution in [2.45, 2.75) is 5.22 Å². The Morgan fingerprint density at radius 2 is 1.55 bits per heavy atom. The molecule has 206 valence electrons. The molecule has 0 aliphatic heterocycles. The number of nitrogens with zero attached hydrogens (tertiary/aromatic N) is 2. The van der Waals surface area contributed by atoms with Crippen molar-refractivity contribution in [1.29, 1.82) is 0 Å². The molecule has 4 rings (SSSR count). The van der Waals surface area contributed by atoms with E-state index in [1.54, 1.807) is 49.6 Å². The molecular weight excluding hydrogens is 534 g/mol. The summed E-state index contributed by atoms with van der Waals surface area (Å²) in [6.45, 7) is 0. The number of benzene rings is 3. The van der Waals surface area contributed by atoms with Gasteiger partial charge in [-0.1, -0.05) is 30.0 Å². The highest BCUT2D eigenvalue weighted by molar-refractivity contribution is 7.99. The fourth-order valence-electron chi connectivity index (χ4n) is 3.61. The van der Waals surface area contributed by atoms with Gasteiger partial charge >= 0.3 is 0 Å².